The summed E-state index contributed by atoms with van der Waals surface area (Å²) < 4.78 is 23.6. The maximum atomic E-state index is 13.5. The molecule has 0 unspecified atom stereocenters. The molecule has 0 aliphatic carbocycles. The van der Waals surface area contributed by atoms with E-state index in [2.05, 4.69) is 0 Å². The highest BCUT2D eigenvalue weighted by Gasteiger charge is 2.08. The largest absolute Gasteiger partial charge is 0.482 e. The van der Waals surface area contributed by atoms with E-state index in [1.165, 1.54) is 18.2 Å². The molecule has 0 spiro atoms. The molecular formula is C16H12FNO3. The van der Waals surface area contributed by atoms with Gasteiger partial charge in [0.05, 0.1) is 11.6 Å². The number of hydrogen-bond acceptors (Lipinski definition) is 4. The molecule has 0 N–H and O–H groups in total. The molecule has 0 bridgehead atoms. The second kappa shape index (κ2) is 7.06. The Morgan fingerprint density at radius 2 is 1.95 bits per heavy atom. The highest BCUT2D eigenvalue weighted by atomic mass is 19.1. The average molecular weight is 285 g/mol. The van der Waals surface area contributed by atoms with Gasteiger partial charge in [0, 0.05) is 5.56 Å². The molecule has 5 heteroatoms. The van der Waals surface area contributed by atoms with Crippen LogP contribution in [-0.4, -0.2) is 12.6 Å². The Kier molecular flexibility index (Phi) is 4.89. The summed E-state index contributed by atoms with van der Waals surface area (Å²) in [6.45, 7) is -0.498. The van der Waals surface area contributed by atoms with Crippen LogP contribution in [0.25, 0.3) is 0 Å². The number of nitriles is 1. The summed E-state index contributed by atoms with van der Waals surface area (Å²) in [6.07, 6.45) is 0. The van der Waals surface area contributed by atoms with E-state index in [-0.39, 0.29) is 18.8 Å². The molecule has 2 aromatic rings. The monoisotopic (exact) mass is 285 g/mol. The molecule has 0 aliphatic heterocycles. The quantitative estimate of drug-likeness (QED) is 0.793. The van der Waals surface area contributed by atoms with Crippen LogP contribution in [0.4, 0.5) is 4.39 Å². The molecule has 106 valence electrons. The fourth-order valence-electron chi connectivity index (χ4n) is 1.61. The van der Waals surface area contributed by atoms with Gasteiger partial charge in [0.25, 0.3) is 0 Å². The zero-order valence-corrected chi connectivity index (χ0v) is 11.1. The van der Waals surface area contributed by atoms with E-state index in [9.17, 15) is 9.18 Å². The molecule has 0 aliphatic rings. The lowest BCUT2D eigenvalue weighted by molar-refractivity contribution is -0.147. The maximum absolute atomic E-state index is 13.5. The van der Waals surface area contributed by atoms with Crippen LogP contribution in [0.15, 0.2) is 48.5 Å². The van der Waals surface area contributed by atoms with Crippen molar-refractivity contribution < 1.29 is 18.7 Å². The van der Waals surface area contributed by atoms with Gasteiger partial charge in [-0.1, -0.05) is 18.2 Å². The minimum atomic E-state index is -0.611. The number of nitrogens with zero attached hydrogens (tertiary/aromatic N) is 1. The van der Waals surface area contributed by atoms with Crippen LogP contribution >= 0.6 is 0 Å². The van der Waals surface area contributed by atoms with Gasteiger partial charge in [0.15, 0.2) is 6.61 Å². The molecule has 0 saturated carbocycles. The number of esters is 1. The summed E-state index contributed by atoms with van der Waals surface area (Å²) >= 11 is 0. The Labute approximate surface area is 121 Å². The topological polar surface area (TPSA) is 59.3 Å². The number of benzene rings is 2. The predicted molar refractivity (Wildman–Crippen MR) is 72.8 cm³/mol. The highest BCUT2D eigenvalue weighted by molar-refractivity contribution is 5.71. The molecule has 0 radical (unpaired) electrons. The number of rotatable bonds is 5. The number of para-hydroxylation sites is 1. The van der Waals surface area contributed by atoms with Crippen molar-refractivity contribution in [2.75, 3.05) is 6.61 Å². The van der Waals surface area contributed by atoms with Gasteiger partial charge >= 0.3 is 5.97 Å². The first kappa shape index (κ1) is 14.5. The molecule has 4 nitrogen and oxygen atoms in total. The second-order valence-corrected chi connectivity index (χ2v) is 4.18. The SMILES string of the molecule is N#Cc1ccc(F)c(COC(=O)COc2ccccc2)c1. The number of carbonyl (C=O) groups is 1. The lowest BCUT2D eigenvalue weighted by Gasteiger charge is -2.08. The Morgan fingerprint density at radius 3 is 2.67 bits per heavy atom. The first-order chi connectivity index (χ1) is 10.2. The third-order valence-electron chi connectivity index (χ3n) is 2.66. The Morgan fingerprint density at radius 1 is 1.19 bits per heavy atom. The van der Waals surface area contributed by atoms with E-state index in [0.29, 0.717) is 11.3 Å². The van der Waals surface area contributed by atoms with Gasteiger partial charge in [0.1, 0.15) is 18.2 Å². The third-order valence-corrected chi connectivity index (χ3v) is 2.66. The molecule has 2 rings (SSSR count). The van der Waals surface area contributed by atoms with Gasteiger partial charge in [-0.05, 0) is 30.3 Å². The van der Waals surface area contributed by atoms with Gasteiger partial charge in [-0.15, -0.1) is 0 Å². The molecular weight excluding hydrogens is 273 g/mol. The number of ether oxygens (including phenoxy) is 2. The molecule has 21 heavy (non-hydrogen) atoms. The molecule has 0 heterocycles. The molecule has 0 saturated heterocycles. The standard InChI is InChI=1S/C16H12FNO3/c17-15-7-6-12(9-18)8-13(15)10-21-16(19)11-20-14-4-2-1-3-5-14/h1-8H,10-11H2. The normalized spacial score (nSPS) is 9.71. The Bertz CT molecular complexity index is 665. The van der Waals surface area contributed by atoms with Crippen LogP contribution in [0.1, 0.15) is 11.1 Å². The first-order valence-electron chi connectivity index (χ1n) is 6.21. The summed E-state index contributed by atoms with van der Waals surface area (Å²) in [5.74, 6) is -0.585. The summed E-state index contributed by atoms with van der Waals surface area (Å²) in [6, 6.07) is 14.6. The fourth-order valence-corrected chi connectivity index (χ4v) is 1.61. The third kappa shape index (κ3) is 4.32. The minimum absolute atomic E-state index is 0.155. The van der Waals surface area contributed by atoms with Crippen molar-refractivity contribution in [3.63, 3.8) is 0 Å². The molecule has 0 atom stereocenters. The predicted octanol–water partition coefficient (Wildman–Crippen LogP) is 2.82. The van der Waals surface area contributed by atoms with Crippen LogP contribution in [-0.2, 0) is 16.1 Å². The molecule has 0 amide bonds. The van der Waals surface area contributed by atoms with Gasteiger partial charge in [-0.2, -0.15) is 5.26 Å². The smallest absolute Gasteiger partial charge is 0.344 e. The van der Waals surface area contributed by atoms with E-state index in [1.807, 2.05) is 12.1 Å². The van der Waals surface area contributed by atoms with Crippen molar-refractivity contribution in [2.45, 2.75) is 6.61 Å². The van der Waals surface area contributed by atoms with Gasteiger partial charge in [-0.25, -0.2) is 9.18 Å². The number of hydrogen-bond donors (Lipinski definition) is 0. The second-order valence-electron chi connectivity index (χ2n) is 4.18. The lowest BCUT2D eigenvalue weighted by atomic mass is 10.1. The van der Waals surface area contributed by atoms with Crippen LogP contribution < -0.4 is 4.74 Å². The molecule has 2 aromatic carbocycles. The lowest BCUT2D eigenvalue weighted by Crippen LogP contribution is -2.15. The van der Waals surface area contributed by atoms with E-state index in [1.54, 1.807) is 24.3 Å². The Hall–Kier alpha value is -2.87. The van der Waals surface area contributed by atoms with Crippen LogP contribution in [0.2, 0.25) is 0 Å². The van der Waals surface area contributed by atoms with Crippen LogP contribution in [0.3, 0.4) is 0 Å². The van der Waals surface area contributed by atoms with Crippen molar-refractivity contribution in [3.8, 4) is 11.8 Å². The summed E-state index contributed by atoms with van der Waals surface area (Å²) in [5.41, 5.74) is 0.463. The minimum Gasteiger partial charge on any atom is -0.482 e. The summed E-state index contributed by atoms with van der Waals surface area (Å²) in [5, 5.41) is 8.74. The van der Waals surface area contributed by atoms with Gasteiger partial charge in [0.2, 0.25) is 0 Å². The Balaban J connectivity index is 1.85. The summed E-state index contributed by atoms with van der Waals surface area (Å²) in [7, 11) is 0. The van der Waals surface area contributed by atoms with Crippen molar-refractivity contribution in [1.29, 1.82) is 5.26 Å². The van der Waals surface area contributed by atoms with E-state index in [4.69, 9.17) is 14.7 Å². The molecule has 0 fully saturated rings. The molecule has 0 aromatic heterocycles. The average Bonchev–Trinajstić information content (AvgIpc) is 2.53. The van der Waals surface area contributed by atoms with Crippen LogP contribution in [0, 0.1) is 17.1 Å². The van der Waals surface area contributed by atoms with Crippen molar-refractivity contribution in [2.24, 2.45) is 0 Å². The van der Waals surface area contributed by atoms with Gasteiger partial charge in [-0.3, -0.25) is 0 Å². The summed E-state index contributed by atoms with van der Waals surface area (Å²) in [4.78, 5) is 11.5. The highest BCUT2D eigenvalue weighted by Crippen LogP contribution is 2.12. The first-order valence-corrected chi connectivity index (χ1v) is 6.21. The number of halogens is 1. The number of carbonyl (C=O) groups excluding carboxylic acids is 1. The van der Waals surface area contributed by atoms with E-state index in [0.717, 1.165) is 0 Å². The zero-order chi connectivity index (χ0) is 15.1. The van der Waals surface area contributed by atoms with E-state index >= 15 is 0 Å². The van der Waals surface area contributed by atoms with Crippen molar-refractivity contribution >= 4 is 5.97 Å². The van der Waals surface area contributed by atoms with E-state index < -0.39 is 11.8 Å². The van der Waals surface area contributed by atoms with Crippen molar-refractivity contribution in [3.05, 3.63) is 65.5 Å². The fraction of sp³-hybridized carbons (Fsp3) is 0.125. The zero-order valence-electron chi connectivity index (χ0n) is 11.1. The van der Waals surface area contributed by atoms with Gasteiger partial charge < -0.3 is 9.47 Å². The van der Waals surface area contributed by atoms with Crippen molar-refractivity contribution in [1.82, 2.24) is 0 Å². The maximum Gasteiger partial charge on any atom is 0.344 e. The van der Waals surface area contributed by atoms with Crippen LogP contribution in [0.5, 0.6) is 5.75 Å².